The first-order chi connectivity index (χ1) is 9.21. The average molecular weight is 456 g/mol. The minimum atomic E-state index is -1.01. The summed E-state index contributed by atoms with van der Waals surface area (Å²) in [6.07, 6.45) is 17.6. The van der Waals surface area contributed by atoms with Gasteiger partial charge in [-0.3, -0.25) is 12.2 Å². The average Bonchev–Trinajstić information content (AvgIpc) is 3.04. The van der Waals surface area contributed by atoms with Crippen LogP contribution in [-0.4, -0.2) is 23.8 Å². The predicted octanol–water partition coefficient (Wildman–Crippen LogP) is 5.93. The molecular formula is C18H36Cl2Si3Ti-4. The Balaban J connectivity index is -0.0000000789. The van der Waals surface area contributed by atoms with Crippen molar-refractivity contribution in [3.63, 3.8) is 0 Å². The van der Waals surface area contributed by atoms with Crippen molar-refractivity contribution < 1.29 is 19.2 Å². The van der Waals surface area contributed by atoms with E-state index in [0.717, 1.165) is 12.8 Å². The third kappa shape index (κ3) is 15.2. The summed E-state index contributed by atoms with van der Waals surface area (Å²) in [7, 11) is -0.150. The normalized spacial score (nSPS) is 13.9. The number of hydrogen-bond donors (Lipinski definition) is 0. The summed E-state index contributed by atoms with van der Waals surface area (Å²) in [6.45, 7) is 14.1. The molecule has 0 N–H and O–H groups in total. The maximum atomic E-state index is 3.36. The summed E-state index contributed by atoms with van der Waals surface area (Å²) in [5.41, 5.74) is 0. The Bertz CT molecular complexity index is 389. The molecular weight excluding hydrogens is 419 g/mol. The molecule has 6 heteroatoms. The van der Waals surface area contributed by atoms with Gasteiger partial charge in [0, 0.05) is 16.1 Å². The van der Waals surface area contributed by atoms with Gasteiger partial charge in [-0.2, -0.15) is 12.2 Å². The molecule has 0 nitrogen and oxygen atoms in total. The van der Waals surface area contributed by atoms with Gasteiger partial charge in [0.2, 0.25) is 0 Å². The standard InChI is InChI=1S/2C8H13Si.2CH3.2ClH.H2Si.Ti/c2*1-9(2,3)8-6-4-5-7-8;;;;;;/h2*4,6H,5H2,1-3H3;2*1H3;2*1H;1H2;/q4*-1;;;;. The quantitative estimate of drug-likeness (QED) is 0.358. The van der Waals surface area contributed by atoms with Crippen molar-refractivity contribution in [2.45, 2.75) is 52.1 Å². The van der Waals surface area contributed by atoms with E-state index in [2.05, 4.69) is 75.7 Å². The van der Waals surface area contributed by atoms with Gasteiger partial charge in [-0.15, -0.1) is 37.7 Å². The van der Waals surface area contributed by atoms with Gasteiger partial charge in [-0.05, 0) is 0 Å². The molecule has 2 aliphatic carbocycles. The first-order valence-corrected chi connectivity index (χ1v) is 18.1. The molecule has 0 amide bonds. The Hall–Kier alpha value is 0.905. The van der Waals surface area contributed by atoms with Crippen molar-refractivity contribution in [1.82, 2.24) is 0 Å². The van der Waals surface area contributed by atoms with Crippen LogP contribution < -0.4 is 0 Å². The van der Waals surface area contributed by atoms with E-state index in [1.54, 1.807) is 0 Å². The molecule has 0 aromatic heterocycles. The molecule has 2 aliphatic rings. The second kappa shape index (κ2) is 17.3. The molecule has 0 atom stereocenters. The van der Waals surface area contributed by atoms with E-state index in [-0.39, 0.29) is 39.7 Å². The van der Waals surface area contributed by atoms with E-state index in [4.69, 9.17) is 0 Å². The molecule has 0 saturated heterocycles. The van der Waals surface area contributed by atoms with Crippen molar-refractivity contribution in [2.75, 3.05) is 0 Å². The minimum absolute atomic E-state index is 0. The second-order valence-corrected chi connectivity index (χ2v) is 17.0. The van der Waals surface area contributed by atoms with E-state index in [9.17, 15) is 0 Å². The summed E-state index contributed by atoms with van der Waals surface area (Å²) in [5, 5.41) is 2.98. The zero-order chi connectivity index (χ0) is 15.8. The van der Waals surface area contributed by atoms with Crippen molar-refractivity contribution in [2.24, 2.45) is 0 Å². The number of halogens is 2. The van der Waals surface area contributed by atoms with E-state index in [0.29, 0.717) is 0 Å². The molecule has 24 heavy (non-hydrogen) atoms. The zero-order valence-electron chi connectivity index (χ0n) is 16.7. The van der Waals surface area contributed by atoms with Crippen LogP contribution in [-0.2, 0) is 19.2 Å². The van der Waals surface area contributed by atoms with Crippen molar-refractivity contribution in [3.8, 4) is 0 Å². The van der Waals surface area contributed by atoms with E-state index < -0.39 is 16.1 Å². The van der Waals surface area contributed by atoms with Gasteiger partial charge < -0.3 is 14.9 Å². The SMILES string of the molecule is C[Si](C)(C)C1=[C-]CC=C1.C[Si](C)(C)C1=[C-]CC=C1.Cl.Cl.[CH3-].[CH3-].[SiH2]=[Ti]. The number of allylic oxidation sites excluding steroid dienone is 8. The molecule has 0 spiro atoms. The Labute approximate surface area is 180 Å². The van der Waals surface area contributed by atoms with Gasteiger partial charge in [-0.1, -0.05) is 39.3 Å². The van der Waals surface area contributed by atoms with E-state index in [1.807, 2.05) is 26.8 Å². The molecule has 2 rings (SSSR count). The van der Waals surface area contributed by atoms with Gasteiger partial charge in [-0.25, -0.2) is 22.5 Å². The molecule has 0 unspecified atom stereocenters. The van der Waals surface area contributed by atoms with E-state index >= 15 is 0 Å². The topological polar surface area (TPSA) is 0 Å². The summed E-state index contributed by atoms with van der Waals surface area (Å²) in [5.74, 6) is 0. The molecule has 0 aliphatic heterocycles. The maximum absolute atomic E-state index is 3.36. The first-order valence-electron chi connectivity index (χ1n) is 7.12. The Morgan fingerprint density at radius 3 is 1.08 bits per heavy atom. The zero-order valence-corrected chi connectivity index (χ0v) is 23.4. The van der Waals surface area contributed by atoms with Crippen LogP contribution in [0.25, 0.3) is 0 Å². The van der Waals surface area contributed by atoms with Gasteiger partial charge in [0.1, 0.15) is 0 Å². The first kappa shape index (κ1) is 35.9. The molecule has 0 bridgehead atoms. The third-order valence-corrected chi connectivity index (χ3v) is 6.92. The number of rotatable bonds is 2. The van der Waals surface area contributed by atoms with Crippen LogP contribution in [0.5, 0.6) is 0 Å². The Morgan fingerprint density at radius 2 is 1.00 bits per heavy atom. The van der Waals surface area contributed by atoms with Crippen molar-refractivity contribution in [1.29, 1.82) is 0 Å². The molecule has 0 heterocycles. The van der Waals surface area contributed by atoms with Gasteiger partial charge in [0.25, 0.3) is 0 Å². The van der Waals surface area contributed by atoms with Crippen LogP contribution in [0, 0.1) is 27.0 Å². The van der Waals surface area contributed by atoms with Crippen LogP contribution in [0.4, 0.5) is 0 Å². The molecule has 0 radical (unpaired) electrons. The summed E-state index contributed by atoms with van der Waals surface area (Å²) in [4.78, 5) is 0. The molecule has 0 aromatic carbocycles. The monoisotopic (exact) mass is 454 g/mol. The summed E-state index contributed by atoms with van der Waals surface area (Å²) < 4.78 is 0. The molecule has 0 fully saturated rings. The fourth-order valence-electron chi connectivity index (χ4n) is 1.84. The van der Waals surface area contributed by atoms with Gasteiger partial charge in [0.15, 0.2) is 0 Å². The summed E-state index contributed by atoms with van der Waals surface area (Å²) >= 11 is 2.03. The Morgan fingerprint density at radius 1 is 0.750 bits per heavy atom. The molecule has 142 valence electrons. The second-order valence-electron chi connectivity index (χ2n) is 6.89. The fourth-order valence-corrected chi connectivity index (χ4v) is 4.34. The van der Waals surface area contributed by atoms with Crippen LogP contribution in [0.3, 0.4) is 0 Å². The van der Waals surface area contributed by atoms with Crippen LogP contribution in [0.1, 0.15) is 12.8 Å². The van der Waals surface area contributed by atoms with E-state index in [1.165, 1.54) is 10.4 Å². The third-order valence-electron chi connectivity index (χ3n) is 3.01. The van der Waals surface area contributed by atoms with Gasteiger partial charge in [0.05, 0.1) is 0 Å². The van der Waals surface area contributed by atoms with Gasteiger partial charge >= 0.3 is 26.8 Å². The molecule has 0 saturated carbocycles. The van der Waals surface area contributed by atoms with Crippen molar-refractivity contribution >= 4 is 48.6 Å². The molecule has 0 aromatic rings. The van der Waals surface area contributed by atoms with Crippen LogP contribution in [0.15, 0.2) is 34.7 Å². The van der Waals surface area contributed by atoms with Crippen LogP contribution in [0.2, 0.25) is 39.3 Å². The number of hydrogen-bond acceptors (Lipinski definition) is 0. The van der Waals surface area contributed by atoms with Crippen LogP contribution >= 0.6 is 24.8 Å². The van der Waals surface area contributed by atoms with Crippen molar-refractivity contribution in [3.05, 3.63) is 61.7 Å². The fraction of sp³-hybridized carbons (Fsp3) is 0.444. The Kier molecular flexibility index (Phi) is 25.9. The summed E-state index contributed by atoms with van der Waals surface area (Å²) in [6, 6.07) is 0. The predicted molar refractivity (Wildman–Crippen MR) is 124 cm³/mol.